The van der Waals surface area contributed by atoms with Crippen molar-refractivity contribution >= 4 is 10.9 Å². The number of aromatic nitrogens is 1. The predicted octanol–water partition coefficient (Wildman–Crippen LogP) is 3.64. The Kier molecular flexibility index (Phi) is 3.50. The number of aliphatic hydroxyl groups excluding tert-OH is 1. The van der Waals surface area contributed by atoms with Gasteiger partial charge in [-0.2, -0.15) is 0 Å². The van der Waals surface area contributed by atoms with Crippen molar-refractivity contribution in [3.63, 3.8) is 0 Å². The van der Waals surface area contributed by atoms with Crippen molar-refractivity contribution in [3.05, 3.63) is 35.5 Å². The second-order valence-corrected chi connectivity index (χ2v) is 7.04. The second kappa shape index (κ2) is 5.39. The van der Waals surface area contributed by atoms with E-state index in [-0.39, 0.29) is 0 Å². The molecular weight excluding hydrogens is 272 g/mol. The number of hydrogen-bond donors (Lipinski definition) is 2. The van der Waals surface area contributed by atoms with Crippen molar-refractivity contribution in [1.29, 1.82) is 0 Å². The van der Waals surface area contributed by atoms with E-state index in [1.165, 1.54) is 42.5 Å². The molecule has 0 spiro atoms. The van der Waals surface area contributed by atoms with E-state index in [2.05, 4.69) is 41.1 Å². The molecule has 1 aromatic carbocycles. The summed E-state index contributed by atoms with van der Waals surface area (Å²) >= 11 is 0. The van der Waals surface area contributed by atoms with Gasteiger partial charge in [0, 0.05) is 29.7 Å². The Bertz CT molecular complexity index is 677. The molecule has 3 heteroatoms. The lowest BCUT2D eigenvalue weighted by Gasteiger charge is -2.40. The first-order chi connectivity index (χ1) is 10.8. The molecule has 2 aromatic rings. The summed E-state index contributed by atoms with van der Waals surface area (Å²) in [4.78, 5) is 6.43. The lowest BCUT2D eigenvalue weighted by molar-refractivity contribution is 0.115. The molecule has 2 aliphatic rings. The van der Waals surface area contributed by atoms with E-state index in [4.69, 9.17) is 0 Å². The number of H-pyrrole nitrogens is 1. The standard InChI is InChI=1S/C19H26N2O/c1-2-19(9-5-13-22)10-12-21-11-8-15-14-6-3-4-7-16(14)20-17(15)18(19)21/h3-4,6-7,18,20,22H,2,5,8-13H2,1H3. The third-order valence-corrected chi connectivity index (χ3v) is 6.15. The van der Waals surface area contributed by atoms with E-state index < -0.39 is 0 Å². The lowest BCUT2D eigenvalue weighted by Crippen LogP contribution is -2.37. The van der Waals surface area contributed by atoms with Crippen LogP contribution in [0.1, 0.15) is 49.9 Å². The quantitative estimate of drug-likeness (QED) is 0.904. The molecule has 4 rings (SSSR count). The molecule has 2 N–H and O–H groups in total. The summed E-state index contributed by atoms with van der Waals surface area (Å²) < 4.78 is 0. The van der Waals surface area contributed by atoms with Crippen LogP contribution in [0.25, 0.3) is 10.9 Å². The Balaban J connectivity index is 1.82. The molecule has 118 valence electrons. The monoisotopic (exact) mass is 298 g/mol. The summed E-state index contributed by atoms with van der Waals surface area (Å²) in [6, 6.07) is 9.25. The van der Waals surface area contributed by atoms with Gasteiger partial charge in [0.05, 0.1) is 6.04 Å². The molecule has 3 nitrogen and oxygen atoms in total. The summed E-state index contributed by atoms with van der Waals surface area (Å²) in [5.41, 5.74) is 4.62. The van der Waals surface area contributed by atoms with Crippen LogP contribution in [0.15, 0.2) is 24.3 Å². The topological polar surface area (TPSA) is 39.3 Å². The maximum atomic E-state index is 9.32. The molecule has 0 aliphatic carbocycles. The predicted molar refractivity (Wildman–Crippen MR) is 90.0 cm³/mol. The minimum Gasteiger partial charge on any atom is -0.396 e. The molecule has 1 aromatic heterocycles. The van der Waals surface area contributed by atoms with Crippen LogP contribution >= 0.6 is 0 Å². The highest BCUT2D eigenvalue weighted by Gasteiger charge is 2.49. The van der Waals surface area contributed by atoms with Crippen molar-refractivity contribution in [2.45, 2.75) is 45.1 Å². The van der Waals surface area contributed by atoms with E-state index in [1.54, 1.807) is 5.56 Å². The number of aliphatic hydroxyl groups is 1. The van der Waals surface area contributed by atoms with Crippen molar-refractivity contribution in [3.8, 4) is 0 Å². The zero-order valence-electron chi connectivity index (χ0n) is 13.4. The Hall–Kier alpha value is -1.32. The van der Waals surface area contributed by atoms with Gasteiger partial charge in [-0.25, -0.2) is 0 Å². The minimum absolute atomic E-state index is 0.314. The Labute approximate surface area is 132 Å². The Morgan fingerprint density at radius 3 is 3.00 bits per heavy atom. The van der Waals surface area contributed by atoms with Gasteiger partial charge in [0.15, 0.2) is 0 Å². The molecule has 1 fully saturated rings. The van der Waals surface area contributed by atoms with Crippen LogP contribution in [0, 0.1) is 5.41 Å². The summed E-state index contributed by atoms with van der Waals surface area (Å²) in [5.74, 6) is 0. The van der Waals surface area contributed by atoms with E-state index in [0.29, 0.717) is 18.1 Å². The van der Waals surface area contributed by atoms with Crippen LogP contribution in [0.3, 0.4) is 0 Å². The molecule has 2 aliphatic heterocycles. The number of para-hydroxylation sites is 1. The number of rotatable bonds is 4. The minimum atomic E-state index is 0.314. The summed E-state index contributed by atoms with van der Waals surface area (Å²) in [6.45, 7) is 5.03. The zero-order chi connectivity index (χ0) is 15.2. The first-order valence-electron chi connectivity index (χ1n) is 8.73. The van der Waals surface area contributed by atoms with Gasteiger partial charge < -0.3 is 10.1 Å². The van der Waals surface area contributed by atoms with Gasteiger partial charge in [-0.05, 0) is 55.7 Å². The van der Waals surface area contributed by atoms with E-state index >= 15 is 0 Å². The number of fused-ring (bicyclic) bond motifs is 5. The van der Waals surface area contributed by atoms with E-state index in [9.17, 15) is 5.11 Å². The third kappa shape index (κ3) is 1.95. The van der Waals surface area contributed by atoms with Crippen LogP contribution in [-0.4, -0.2) is 34.7 Å². The van der Waals surface area contributed by atoms with Crippen molar-refractivity contribution in [2.75, 3.05) is 19.7 Å². The fraction of sp³-hybridized carbons (Fsp3) is 0.579. The SMILES string of the molecule is CCC1(CCCO)CCN2CCc3c([nH]c4ccccc34)C21. The number of aromatic amines is 1. The average molecular weight is 298 g/mol. The van der Waals surface area contributed by atoms with Gasteiger partial charge in [-0.15, -0.1) is 0 Å². The Morgan fingerprint density at radius 1 is 1.32 bits per heavy atom. The van der Waals surface area contributed by atoms with Gasteiger partial charge in [0.2, 0.25) is 0 Å². The van der Waals surface area contributed by atoms with Gasteiger partial charge >= 0.3 is 0 Å². The highest BCUT2D eigenvalue weighted by Crippen LogP contribution is 2.54. The average Bonchev–Trinajstić information content (AvgIpc) is 3.11. The lowest BCUT2D eigenvalue weighted by atomic mass is 9.71. The van der Waals surface area contributed by atoms with Crippen LogP contribution in [0.4, 0.5) is 0 Å². The fourth-order valence-corrected chi connectivity index (χ4v) is 4.97. The zero-order valence-corrected chi connectivity index (χ0v) is 13.4. The number of nitrogens with one attached hydrogen (secondary N) is 1. The molecule has 1 saturated heterocycles. The molecule has 3 heterocycles. The van der Waals surface area contributed by atoms with Gasteiger partial charge in [-0.3, -0.25) is 4.90 Å². The fourth-order valence-electron chi connectivity index (χ4n) is 4.97. The molecule has 0 bridgehead atoms. The highest BCUT2D eigenvalue weighted by molar-refractivity contribution is 5.85. The first kappa shape index (κ1) is 14.3. The highest BCUT2D eigenvalue weighted by atomic mass is 16.2. The van der Waals surface area contributed by atoms with E-state index in [1.807, 2.05) is 0 Å². The molecule has 0 radical (unpaired) electrons. The number of hydrogen-bond acceptors (Lipinski definition) is 2. The largest absolute Gasteiger partial charge is 0.396 e. The molecule has 22 heavy (non-hydrogen) atoms. The molecule has 2 unspecified atom stereocenters. The van der Waals surface area contributed by atoms with Crippen LogP contribution in [0.5, 0.6) is 0 Å². The maximum absolute atomic E-state index is 9.32. The van der Waals surface area contributed by atoms with Crippen molar-refractivity contribution < 1.29 is 5.11 Å². The smallest absolute Gasteiger partial charge is 0.0558 e. The number of nitrogens with zero attached hydrogens (tertiary/aromatic N) is 1. The van der Waals surface area contributed by atoms with Gasteiger partial charge in [0.1, 0.15) is 0 Å². The van der Waals surface area contributed by atoms with Crippen LogP contribution in [0.2, 0.25) is 0 Å². The summed E-state index contributed by atoms with van der Waals surface area (Å²) in [7, 11) is 0. The summed E-state index contributed by atoms with van der Waals surface area (Å²) in [6.07, 6.45) is 5.69. The molecule has 0 saturated carbocycles. The first-order valence-corrected chi connectivity index (χ1v) is 8.73. The summed E-state index contributed by atoms with van der Waals surface area (Å²) in [5, 5.41) is 10.7. The number of benzene rings is 1. The maximum Gasteiger partial charge on any atom is 0.0558 e. The van der Waals surface area contributed by atoms with Gasteiger partial charge in [-0.1, -0.05) is 25.1 Å². The van der Waals surface area contributed by atoms with Crippen molar-refractivity contribution in [1.82, 2.24) is 9.88 Å². The van der Waals surface area contributed by atoms with Gasteiger partial charge in [0.25, 0.3) is 0 Å². The molecule has 0 amide bonds. The Morgan fingerprint density at radius 2 is 2.18 bits per heavy atom. The second-order valence-electron chi connectivity index (χ2n) is 7.04. The van der Waals surface area contributed by atoms with E-state index in [0.717, 1.165) is 19.3 Å². The van der Waals surface area contributed by atoms with Crippen LogP contribution < -0.4 is 0 Å². The third-order valence-electron chi connectivity index (χ3n) is 6.15. The van der Waals surface area contributed by atoms with Crippen molar-refractivity contribution in [2.24, 2.45) is 5.41 Å². The molecular formula is C19H26N2O. The molecule has 2 atom stereocenters. The normalized spacial score (nSPS) is 28.0. The van der Waals surface area contributed by atoms with Crippen LogP contribution in [-0.2, 0) is 6.42 Å².